The third-order valence-corrected chi connectivity index (χ3v) is 1.94. The van der Waals surface area contributed by atoms with Gasteiger partial charge in [0, 0.05) is 20.3 Å². The van der Waals surface area contributed by atoms with Gasteiger partial charge in [0.2, 0.25) is 5.13 Å². The molecule has 1 aromatic heterocycles. The van der Waals surface area contributed by atoms with Gasteiger partial charge in [-0.2, -0.15) is 5.26 Å². The van der Waals surface area contributed by atoms with Gasteiger partial charge in [0.1, 0.15) is 17.2 Å². The first-order valence-corrected chi connectivity index (χ1v) is 4.87. The fraction of sp³-hybridized carbons (Fsp3) is 0.250. The maximum absolute atomic E-state index is 11.5. The second-order valence-electron chi connectivity index (χ2n) is 2.82. The number of anilines is 1. The van der Waals surface area contributed by atoms with Crippen LogP contribution in [-0.4, -0.2) is 35.1 Å². The van der Waals surface area contributed by atoms with Gasteiger partial charge in [-0.1, -0.05) is 11.3 Å². The van der Waals surface area contributed by atoms with E-state index in [2.05, 4.69) is 15.5 Å². The lowest BCUT2D eigenvalue weighted by Gasteiger charge is -2.05. The summed E-state index contributed by atoms with van der Waals surface area (Å²) in [5, 5.41) is 18.8. The molecule has 0 saturated carbocycles. The lowest BCUT2D eigenvalue weighted by molar-refractivity contribution is -0.112. The van der Waals surface area contributed by atoms with Crippen molar-refractivity contribution in [3.63, 3.8) is 0 Å². The topological polar surface area (TPSA) is 81.9 Å². The zero-order valence-electron chi connectivity index (χ0n) is 8.26. The molecule has 7 heteroatoms. The second-order valence-corrected chi connectivity index (χ2v) is 3.65. The number of amides is 1. The summed E-state index contributed by atoms with van der Waals surface area (Å²) in [5.41, 5.74) is 1.52. The van der Waals surface area contributed by atoms with Crippen molar-refractivity contribution in [3.05, 3.63) is 17.3 Å². The van der Waals surface area contributed by atoms with Crippen molar-refractivity contribution >= 4 is 22.4 Å². The highest BCUT2D eigenvalue weighted by Gasteiger charge is 2.10. The molecule has 1 amide bonds. The van der Waals surface area contributed by atoms with Gasteiger partial charge in [0.05, 0.1) is 0 Å². The highest BCUT2D eigenvalue weighted by atomic mass is 32.1. The fourth-order valence-corrected chi connectivity index (χ4v) is 1.23. The number of aromatic nitrogens is 2. The Hall–Kier alpha value is -1.94. The monoisotopic (exact) mass is 223 g/mol. The van der Waals surface area contributed by atoms with Crippen molar-refractivity contribution in [2.75, 3.05) is 19.4 Å². The molecule has 0 aliphatic carbocycles. The van der Waals surface area contributed by atoms with E-state index in [4.69, 9.17) is 5.26 Å². The van der Waals surface area contributed by atoms with E-state index < -0.39 is 5.91 Å². The molecule has 0 unspecified atom stereocenters. The Kier molecular flexibility index (Phi) is 3.76. The second kappa shape index (κ2) is 5.07. The molecule has 0 bridgehead atoms. The summed E-state index contributed by atoms with van der Waals surface area (Å²) in [4.78, 5) is 13.1. The zero-order chi connectivity index (χ0) is 11.3. The first kappa shape index (κ1) is 11.1. The normalized spacial score (nSPS) is 10.6. The van der Waals surface area contributed by atoms with Crippen molar-refractivity contribution in [2.24, 2.45) is 0 Å². The van der Waals surface area contributed by atoms with E-state index in [0.717, 1.165) is 0 Å². The molecule has 1 heterocycles. The standard InChI is InChI=1S/C8H9N5OS/c1-13(2)4-6(3-9)7(14)11-8-12-10-5-15-8/h4-5H,1-2H3,(H,11,12,14)/b6-4+. The summed E-state index contributed by atoms with van der Waals surface area (Å²) >= 11 is 1.19. The quantitative estimate of drug-likeness (QED) is 0.594. The Morgan fingerprint density at radius 1 is 1.73 bits per heavy atom. The van der Waals surface area contributed by atoms with Crippen LogP contribution in [0.2, 0.25) is 0 Å². The molecule has 0 atom stereocenters. The van der Waals surface area contributed by atoms with Crippen LogP contribution < -0.4 is 5.32 Å². The summed E-state index contributed by atoms with van der Waals surface area (Å²) in [6, 6.07) is 1.81. The van der Waals surface area contributed by atoms with Crippen molar-refractivity contribution in [1.29, 1.82) is 5.26 Å². The molecule has 0 spiro atoms. The van der Waals surface area contributed by atoms with Gasteiger partial charge < -0.3 is 4.90 Å². The first-order valence-electron chi connectivity index (χ1n) is 3.99. The van der Waals surface area contributed by atoms with E-state index >= 15 is 0 Å². The maximum Gasteiger partial charge on any atom is 0.269 e. The molecule has 0 aliphatic rings. The predicted molar refractivity (Wildman–Crippen MR) is 55.9 cm³/mol. The average molecular weight is 223 g/mol. The number of hydrogen-bond donors (Lipinski definition) is 1. The van der Waals surface area contributed by atoms with E-state index in [1.54, 1.807) is 19.0 Å². The molecule has 6 nitrogen and oxygen atoms in total. The Labute approximate surface area is 90.8 Å². The largest absolute Gasteiger partial charge is 0.382 e. The Morgan fingerprint density at radius 3 is 2.93 bits per heavy atom. The smallest absolute Gasteiger partial charge is 0.269 e. The number of nitriles is 1. The van der Waals surface area contributed by atoms with Crippen molar-refractivity contribution in [3.8, 4) is 6.07 Å². The molecule has 0 aliphatic heterocycles. The number of nitrogens with zero attached hydrogens (tertiary/aromatic N) is 4. The lowest BCUT2D eigenvalue weighted by Crippen LogP contribution is -2.16. The van der Waals surface area contributed by atoms with Gasteiger partial charge in [-0.25, -0.2) is 0 Å². The summed E-state index contributed by atoms with van der Waals surface area (Å²) in [6.45, 7) is 0. The molecule has 0 saturated heterocycles. The Balaban J connectivity index is 2.72. The van der Waals surface area contributed by atoms with Crippen LogP contribution >= 0.6 is 11.3 Å². The minimum absolute atomic E-state index is 0.0233. The molecular formula is C8H9N5OS. The number of carbonyl (C=O) groups excluding carboxylic acids is 1. The first-order chi connectivity index (χ1) is 7.13. The van der Waals surface area contributed by atoms with E-state index in [-0.39, 0.29) is 5.57 Å². The minimum atomic E-state index is -0.483. The summed E-state index contributed by atoms with van der Waals surface area (Å²) < 4.78 is 0. The third kappa shape index (κ3) is 3.36. The van der Waals surface area contributed by atoms with Crippen LogP contribution in [0.5, 0.6) is 0 Å². The third-order valence-electron chi connectivity index (χ3n) is 1.33. The lowest BCUT2D eigenvalue weighted by atomic mass is 10.3. The van der Waals surface area contributed by atoms with Crippen LogP contribution in [0, 0.1) is 11.3 Å². The maximum atomic E-state index is 11.5. The summed E-state index contributed by atoms with van der Waals surface area (Å²) in [7, 11) is 3.46. The van der Waals surface area contributed by atoms with E-state index in [9.17, 15) is 4.79 Å². The van der Waals surface area contributed by atoms with Gasteiger partial charge >= 0.3 is 0 Å². The van der Waals surface area contributed by atoms with E-state index in [1.165, 1.54) is 23.0 Å². The number of rotatable bonds is 3. The highest BCUT2D eigenvalue weighted by Crippen LogP contribution is 2.09. The van der Waals surface area contributed by atoms with E-state index in [0.29, 0.717) is 5.13 Å². The number of carbonyl (C=O) groups is 1. The van der Waals surface area contributed by atoms with Gasteiger partial charge in [0.15, 0.2) is 0 Å². The number of hydrogen-bond acceptors (Lipinski definition) is 6. The van der Waals surface area contributed by atoms with Gasteiger partial charge in [0.25, 0.3) is 5.91 Å². The number of nitrogens with one attached hydrogen (secondary N) is 1. The fourth-order valence-electron chi connectivity index (χ4n) is 0.788. The van der Waals surface area contributed by atoms with Crippen LogP contribution in [0.25, 0.3) is 0 Å². The molecule has 0 fully saturated rings. The Morgan fingerprint density at radius 2 is 2.47 bits per heavy atom. The molecule has 1 rings (SSSR count). The van der Waals surface area contributed by atoms with Crippen molar-refractivity contribution in [1.82, 2.24) is 15.1 Å². The van der Waals surface area contributed by atoms with Crippen LogP contribution in [0.4, 0.5) is 5.13 Å². The van der Waals surface area contributed by atoms with Crippen LogP contribution in [0.3, 0.4) is 0 Å². The van der Waals surface area contributed by atoms with Crippen LogP contribution in [-0.2, 0) is 4.79 Å². The summed E-state index contributed by atoms with van der Waals surface area (Å²) in [5.74, 6) is -0.483. The molecule has 0 aromatic carbocycles. The van der Waals surface area contributed by atoms with Crippen molar-refractivity contribution < 1.29 is 4.79 Å². The predicted octanol–water partition coefficient (Wildman–Crippen LogP) is 0.446. The minimum Gasteiger partial charge on any atom is -0.382 e. The molecule has 1 aromatic rings. The van der Waals surface area contributed by atoms with Gasteiger partial charge in [-0.3, -0.25) is 10.1 Å². The highest BCUT2D eigenvalue weighted by molar-refractivity contribution is 7.13. The SMILES string of the molecule is CN(C)/C=C(\C#N)C(=O)Nc1nncs1. The zero-order valence-corrected chi connectivity index (χ0v) is 9.08. The van der Waals surface area contributed by atoms with Crippen LogP contribution in [0.15, 0.2) is 17.3 Å². The van der Waals surface area contributed by atoms with Crippen molar-refractivity contribution in [2.45, 2.75) is 0 Å². The average Bonchev–Trinajstić information content (AvgIpc) is 2.66. The molecule has 78 valence electrons. The van der Waals surface area contributed by atoms with Gasteiger partial charge in [-0.15, -0.1) is 10.2 Å². The molecule has 1 N–H and O–H groups in total. The summed E-state index contributed by atoms with van der Waals surface area (Å²) in [6.07, 6.45) is 1.44. The Bertz CT molecular complexity index is 403. The molecular weight excluding hydrogens is 214 g/mol. The molecule has 0 radical (unpaired) electrons. The molecule has 15 heavy (non-hydrogen) atoms. The van der Waals surface area contributed by atoms with E-state index in [1.807, 2.05) is 6.07 Å². The van der Waals surface area contributed by atoms with Crippen LogP contribution in [0.1, 0.15) is 0 Å². The van der Waals surface area contributed by atoms with Gasteiger partial charge in [-0.05, 0) is 0 Å².